The maximum atomic E-state index is 12.1. The Bertz CT molecular complexity index is 221. The third-order valence-electron chi connectivity index (χ3n) is 3.47. The molecule has 1 fully saturated rings. The molecule has 0 aromatic carbocycles. The van der Waals surface area contributed by atoms with Crippen LogP contribution in [0.1, 0.15) is 39.5 Å². The summed E-state index contributed by atoms with van der Waals surface area (Å²) in [6, 6.07) is 0. The summed E-state index contributed by atoms with van der Waals surface area (Å²) in [6.45, 7) is 7.16. The third-order valence-corrected chi connectivity index (χ3v) is 3.47. The molecule has 102 valence electrons. The van der Waals surface area contributed by atoms with Crippen LogP contribution in [0.2, 0.25) is 0 Å². The summed E-state index contributed by atoms with van der Waals surface area (Å²) < 4.78 is 0. The van der Waals surface area contributed by atoms with Crippen LogP contribution in [0.25, 0.3) is 0 Å². The van der Waals surface area contributed by atoms with Crippen LogP contribution in [0.5, 0.6) is 0 Å². The Hall–Kier alpha value is -0.280. The number of rotatable bonds is 5. The van der Waals surface area contributed by atoms with Crippen molar-refractivity contribution in [1.82, 2.24) is 10.2 Å². The van der Waals surface area contributed by atoms with E-state index in [-0.39, 0.29) is 18.3 Å². The molecule has 4 heteroatoms. The minimum absolute atomic E-state index is 0. The Balaban J connectivity index is 0.00000256. The highest BCUT2D eigenvalue weighted by Gasteiger charge is 2.25. The second-order valence-corrected chi connectivity index (χ2v) is 5.04. The van der Waals surface area contributed by atoms with E-state index in [4.69, 9.17) is 0 Å². The lowest BCUT2D eigenvalue weighted by molar-refractivity contribution is -0.137. The first-order chi connectivity index (χ1) is 7.69. The third kappa shape index (κ3) is 5.26. The second kappa shape index (κ2) is 8.76. The number of piperidine rings is 1. The average molecular weight is 263 g/mol. The van der Waals surface area contributed by atoms with E-state index in [1.165, 1.54) is 6.42 Å². The van der Waals surface area contributed by atoms with Gasteiger partial charge in [-0.3, -0.25) is 4.79 Å². The van der Waals surface area contributed by atoms with Gasteiger partial charge in [0.05, 0.1) is 0 Å². The van der Waals surface area contributed by atoms with E-state index < -0.39 is 0 Å². The first-order valence-electron chi connectivity index (χ1n) is 6.62. The Morgan fingerprint density at radius 3 is 2.82 bits per heavy atom. The molecule has 2 atom stereocenters. The monoisotopic (exact) mass is 262 g/mol. The molecular formula is C13H27ClN2O. The molecule has 1 rings (SSSR count). The van der Waals surface area contributed by atoms with Crippen molar-refractivity contribution in [2.24, 2.45) is 11.8 Å². The van der Waals surface area contributed by atoms with Crippen molar-refractivity contribution in [3.05, 3.63) is 0 Å². The van der Waals surface area contributed by atoms with Gasteiger partial charge in [0, 0.05) is 19.0 Å². The van der Waals surface area contributed by atoms with E-state index in [2.05, 4.69) is 24.1 Å². The average Bonchev–Trinajstić information content (AvgIpc) is 2.29. The van der Waals surface area contributed by atoms with Crippen LogP contribution in [0.15, 0.2) is 0 Å². The van der Waals surface area contributed by atoms with Gasteiger partial charge < -0.3 is 10.2 Å². The highest BCUT2D eigenvalue weighted by Crippen LogP contribution is 2.19. The molecule has 0 spiro atoms. The van der Waals surface area contributed by atoms with Gasteiger partial charge in [0.25, 0.3) is 0 Å². The van der Waals surface area contributed by atoms with Gasteiger partial charge in [-0.2, -0.15) is 0 Å². The summed E-state index contributed by atoms with van der Waals surface area (Å²) in [5.74, 6) is 1.22. The first-order valence-corrected chi connectivity index (χ1v) is 6.62. The Kier molecular flexibility index (Phi) is 8.61. The molecule has 1 N–H and O–H groups in total. The summed E-state index contributed by atoms with van der Waals surface area (Å²) in [7, 11) is 1.99. The lowest BCUT2D eigenvalue weighted by atomic mass is 9.96. The van der Waals surface area contributed by atoms with E-state index in [0.717, 1.165) is 38.9 Å². The topological polar surface area (TPSA) is 32.3 Å². The van der Waals surface area contributed by atoms with Crippen molar-refractivity contribution in [1.29, 1.82) is 0 Å². The van der Waals surface area contributed by atoms with Gasteiger partial charge in [0.2, 0.25) is 5.91 Å². The molecule has 0 aromatic heterocycles. The number of nitrogens with one attached hydrogen (secondary N) is 1. The quantitative estimate of drug-likeness (QED) is 0.825. The van der Waals surface area contributed by atoms with Gasteiger partial charge >= 0.3 is 0 Å². The fourth-order valence-electron chi connectivity index (χ4n) is 2.59. The summed E-state index contributed by atoms with van der Waals surface area (Å²) in [5.41, 5.74) is 0. The molecule has 1 aliphatic rings. The van der Waals surface area contributed by atoms with E-state index in [9.17, 15) is 4.79 Å². The van der Waals surface area contributed by atoms with Crippen molar-refractivity contribution >= 4 is 18.3 Å². The Morgan fingerprint density at radius 1 is 1.53 bits per heavy atom. The van der Waals surface area contributed by atoms with Gasteiger partial charge in [-0.25, -0.2) is 0 Å². The molecule has 3 nitrogen and oxygen atoms in total. The van der Waals surface area contributed by atoms with E-state index in [0.29, 0.717) is 11.8 Å². The zero-order chi connectivity index (χ0) is 12.0. The zero-order valence-electron chi connectivity index (χ0n) is 11.4. The second-order valence-electron chi connectivity index (χ2n) is 5.04. The summed E-state index contributed by atoms with van der Waals surface area (Å²) in [6.07, 6.45) is 4.54. The van der Waals surface area contributed by atoms with Crippen LogP contribution in [-0.4, -0.2) is 37.5 Å². The lowest BCUT2D eigenvalue weighted by Crippen LogP contribution is -2.44. The molecule has 1 saturated heterocycles. The number of hydrogen-bond acceptors (Lipinski definition) is 2. The molecule has 0 radical (unpaired) electrons. The van der Waals surface area contributed by atoms with E-state index in [1.54, 1.807) is 0 Å². The molecule has 1 aliphatic heterocycles. The summed E-state index contributed by atoms with van der Waals surface area (Å²) in [5, 5.41) is 3.21. The molecule has 0 aromatic rings. The molecule has 1 heterocycles. The zero-order valence-corrected chi connectivity index (χ0v) is 12.2. The van der Waals surface area contributed by atoms with Crippen LogP contribution in [0, 0.1) is 11.8 Å². The lowest BCUT2D eigenvalue weighted by Gasteiger charge is -2.34. The van der Waals surface area contributed by atoms with Gasteiger partial charge in [0.15, 0.2) is 0 Å². The molecule has 17 heavy (non-hydrogen) atoms. The van der Waals surface area contributed by atoms with Crippen LogP contribution < -0.4 is 5.32 Å². The fourth-order valence-corrected chi connectivity index (χ4v) is 2.59. The number of carbonyl (C=O) groups is 1. The number of nitrogens with zero attached hydrogens (tertiary/aromatic N) is 1. The number of halogens is 1. The minimum atomic E-state index is 0. The predicted molar refractivity (Wildman–Crippen MR) is 74.6 cm³/mol. The van der Waals surface area contributed by atoms with Crippen molar-refractivity contribution in [2.45, 2.75) is 39.5 Å². The number of amides is 1. The van der Waals surface area contributed by atoms with E-state index in [1.807, 2.05) is 7.05 Å². The molecule has 2 unspecified atom stereocenters. The van der Waals surface area contributed by atoms with Crippen LogP contribution in [-0.2, 0) is 4.79 Å². The number of likely N-dealkylation sites (tertiary alicyclic amines) is 1. The van der Waals surface area contributed by atoms with Crippen molar-refractivity contribution in [3.8, 4) is 0 Å². The minimum Gasteiger partial charge on any atom is -0.342 e. The molecule has 0 aliphatic carbocycles. The first kappa shape index (κ1) is 16.7. The maximum Gasteiger partial charge on any atom is 0.225 e. The number of carbonyl (C=O) groups excluding carboxylic acids is 1. The maximum absolute atomic E-state index is 12.1. The molecule has 0 bridgehead atoms. The summed E-state index contributed by atoms with van der Waals surface area (Å²) >= 11 is 0. The van der Waals surface area contributed by atoms with Crippen LogP contribution >= 0.6 is 12.4 Å². The standard InChI is InChI=1S/C13H26N2O.ClH/c1-4-6-11(2)13(16)15-8-5-7-12(10-15)9-14-3;/h11-12,14H,4-10H2,1-3H3;1H. The normalized spacial score (nSPS) is 21.8. The Morgan fingerprint density at radius 2 is 2.24 bits per heavy atom. The van der Waals surface area contributed by atoms with Gasteiger partial charge in [-0.1, -0.05) is 20.3 Å². The van der Waals surface area contributed by atoms with Gasteiger partial charge in [-0.15, -0.1) is 12.4 Å². The fraction of sp³-hybridized carbons (Fsp3) is 0.923. The Labute approximate surface area is 112 Å². The smallest absolute Gasteiger partial charge is 0.225 e. The van der Waals surface area contributed by atoms with E-state index >= 15 is 0 Å². The van der Waals surface area contributed by atoms with Crippen molar-refractivity contribution in [3.63, 3.8) is 0 Å². The highest BCUT2D eigenvalue weighted by molar-refractivity contribution is 5.85. The largest absolute Gasteiger partial charge is 0.342 e. The van der Waals surface area contributed by atoms with Crippen LogP contribution in [0.3, 0.4) is 0 Å². The highest BCUT2D eigenvalue weighted by atomic mass is 35.5. The molecular weight excluding hydrogens is 236 g/mol. The predicted octanol–water partition coefficient (Wildman–Crippen LogP) is 2.30. The molecule has 0 saturated carbocycles. The van der Waals surface area contributed by atoms with Crippen molar-refractivity contribution < 1.29 is 4.79 Å². The summed E-state index contributed by atoms with van der Waals surface area (Å²) in [4.78, 5) is 14.2. The van der Waals surface area contributed by atoms with Crippen LogP contribution in [0.4, 0.5) is 0 Å². The van der Waals surface area contributed by atoms with Crippen molar-refractivity contribution in [2.75, 3.05) is 26.7 Å². The molecule has 1 amide bonds. The SMILES string of the molecule is CCCC(C)C(=O)N1CCCC(CNC)C1.Cl. The van der Waals surface area contributed by atoms with Gasteiger partial charge in [-0.05, 0) is 38.8 Å². The van der Waals surface area contributed by atoms with Gasteiger partial charge in [0.1, 0.15) is 0 Å². The number of hydrogen-bond donors (Lipinski definition) is 1.